The lowest BCUT2D eigenvalue weighted by atomic mass is 10.3. The Bertz CT molecular complexity index is 160. The Labute approximate surface area is 89.3 Å². The molecule has 1 aliphatic rings. The third kappa shape index (κ3) is 5.47. The Balaban J connectivity index is 1.95. The average Bonchev–Trinajstić information content (AvgIpc) is 2.19. The summed E-state index contributed by atoms with van der Waals surface area (Å²) in [6, 6.07) is 0. The zero-order chi connectivity index (χ0) is 9.36. The molecule has 4 heteroatoms. The number of nitrogens with one attached hydrogen (secondary N) is 1. The Kier molecular flexibility index (Phi) is 6.54. The van der Waals surface area contributed by atoms with Crippen molar-refractivity contribution in [3.8, 4) is 0 Å². The van der Waals surface area contributed by atoms with Gasteiger partial charge in [0.25, 0.3) is 0 Å². The van der Waals surface area contributed by atoms with Crippen LogP contribution in [0, 0.1) is 0 Å². The molecule has 0 amide bonds. The minimum atomic E-state index is 1.01. The third-order valence-corrected chi connectivity index (χ3v) is 3.58. The maximum Gasteiger partial charge on any atom is 0.156 e. The summed E-state index contributed by atoms with van der Waals surface area (Å²) in [6.07, 6.45) is 5.98. The van der Waals surface area contributed by atoms with E-state index in [2.05, 4.69) is 16.6 Å². The maximum atomic E-state index is 4.41. The first kappa shape index (κ1) is 11.2. The summed E-state index contributed by atoms with van der Waals surface area (Å²) in [6.45, 7) is 2.10. The minimum absolute atomic E-state index is 1.01. The zero-order valence-corrected chi connectivity index (χ0v) is 9.85. The molecule has 1 N–H and O–H groups in total. The quantitative estimate of drug-likeness (QED) is 0.716. The summed E-state index contributed by atoms with van der Waals surface area (Å²) in [4.78, 5) is 4.41. The molecule has 0 aromatic heterocycles. The van der Waals surface area contributed by atoms with E-state index >= 15 is 0 Å². The number of rotatable bonds is 5. The second-order valence-electron chi connectivity index (χ2n) is 3.02. The first-order valence-corrected chi connectivity index (χ1v) is 7.21. The summed E-state index contributed by atoms with van der Waals surface area (Å²) in [7, 11) is 0. The van der Waals surface area contributed by atoms with Crippen molar-refractivity contribution in [1.29, 1.82) is 0 Å². The van der Waals surface area contributed by atoms with E-state index in [1.165, 1.54) is 30.8 Å². The highest BCUT2D eigenvalue weighted by molar-refractivity contribution is 8.13. The summed E-state index contributed by atoms with van der Waals surface area (Å²) in [5, 5.41) is 4.55. The largest absolute Gasteiger partial charge is 0.365 e. The van der Waals surface area contributed by atoms with Gasteiger partial charge in [0, 0.05) is 18.8 Å². The minimum Gasteiger partial charge on any atom is -0.365 e. The van der Waals surface area contributed by atoms with Gasteiger partial charge in [0.2, 0.25) is 0 Å². The van der Waals surface area contributed by atoms with Gasteiger partial charge >= 0.3 is 0 Å². The molecule has 0 atom stereocenters. The van der Waals surface area contributed by atoms with Crippen molar-refractivity contribution in [3.05, 3.63) is 0 Å². The van der Waals surface area contributed by atoms with E-state index in [1.54, 1.807) is 0 Å². The summed E-state index contributed by atoms with van der Waals surface area (Å²) in [5.41, 5.74) is 0. The third-order valence-electron chi connectivity index (χ3n) is 1.85. The Morgan fingerprint density at radius 1 is 1.54 bits per heavy atom. The number of hydrogen-bond donors (Lipinski definition) is 1. The molecule has 0 saturated heterocycles. The lowest BCUT2D eigenvalue weighted by molar-refractivity contribution is 0.760. The van der Waals surface area contributed by atoms with Crippen LogP contribution in [-0.2, 0) is 0 Å². The number of hydrogen-bond acceptors (Lipinski definition) is 4. The molecular formula is C9H18N2S2. The van der Waals surface area contributed by atoms with E-state index in [0.29, 0.717) is 0 Å². The molecule has 0 spiro atoms. The van der Waals surface area contributed by atoms with Gasteiger partial charge in [-0.2, -0.15) is 11.8 Å². The van der Waals surface area contributed by atoms with E-state index in [9.17, 15) is 0 Å². The number of thioether (sulfide) groups is 2. The van der Waals surface area contributed by atoms with E-state index in [4.69, 9.17) is 0 Å². The predicted molar refractivity (Wildman–Crippen MR) is 65.0 cm³/mol. The van der Waals surface area contributed by atoms with Gasteiger partial charge in [-0.3, -0.25) is 4.99 Å². The highest BCUT2D eigenvalue weighted by Crippen LogP contribution is 2.10. The molecule has 1 rings (SSSR count). The van der Waals surface area contributed by atoms with Crippen molar-refractivity contribution < 1.29 is 0 Å². The second-order valence-corrected chi connectivity index (χ2v) is 5.08. The number of nitrogens with zero attached hydrogens (tertiary/aromatic N) is 1. The molecule has 13 heavy (non-hydrogen) atoms. The standard InChI is InChI=1S/C9H18N2S2/c1-12-7-3-2-5-10-9-11-6-4-8-13-9/h2-8H2,1H3,(H,10,11). The molecule has 0 fully saturated rings. The number of aliphatic imine (C=N–C) groups is 1. The lowest BCUT2D eigenvalue weighted by Gasteiger charge is -2.12. The molecule has 0 unspecified atom stereocenters. The van der Waals surface area contributed by atoms with Crippen LogP contribution in [0.4, 0.5) is 0 Å². The van der Waals surface area contributed by atoms with Crippen LogP contribution in [0.25, 0.3) is 0 Å². The molecule has 76 valence electrons. The first-order chi connectivity index (χ1) is 6.43. The van der Waals surface area contributed by atoms with Gasteiger partial charge in [-0.1, -0.05) is 11.8 Å². The van der Waals surface area contributed by atoms with Crippen LogP contribution in [0.1, 0.15) is 19.3 Å². The van der Waals surface area contributed by atoms with Crippen LogP contribution in [-0.4, -0.2) is 36.0 Å². The van der Waals surface area contributed by atoms with Crippen molar-refractivity contribution in [3.63, 3.8) is 0 Å². The monoisotopic (exact) mass is 218 g/mol. The van der Waals surface area contributed by atoms with Crippen molar-refractivity contribution in [2.75, 3.05) is 30.9 Å². The van der Waals surface area contributed by atoms with Crippen LogP contribution in [0.15, 0.2) is 4.99 Å². The molecule has 0 bridgehead atoms. The number of amidine groups is 1. The summed E-state index contributed by atoms with van der Waals surface area (Å²) < 4.78 is 0. The second kappa shape index (κ2) is 7.56. The first-order valence-electron chi connectivity index (χ1n) is 4.83. The predicted octanol–water partition coefficient (Wildman–Crippen LogP) is 2.21. The fraction of sp³-hybridized carbons (Fsp3) is 0.889. The Morgan fingerprint density at radius 3 is 3.15 bits per heavy atom. The highest BCUT2D eigenvalue weighted by Gasteiger charge is 2.03. The molecule has 1 aliphatic heterocycles. The molecule has 2 nitrogen and oxygen atoms in total. The van der Waals surface area contributed by atoms with Crippen LogP contribution in [0.2, 0.25) is 0 Å². The molecule has 0 aromatic carbocycles. The van der Waals surface area contributed by atoms with E-state index in [-0.39, 0.29) is 0 Å². The lowest BCUT2D eigenvalue weighted by Crippen LogP contribution is -2.24. The Hall–Kier alpha value is 0.170. The van der Waals surface area contributed by atoms with Gasteiger partial charge < -0.3 is 5.32 Å². The molecule has 0 aromatic rings. The highest BCUT2D eigenvalue weighted by atomic mass is 32.2. The van der Waals surface area contributed by atoms with E-state index in [0.717, 1.165) is 18.3 Å². The van der Waals surface area contributed by atoms with Crippen molar-refractivity contribution in [2.24, 2.45) is 4.99 Å². The van der Waals surface area contributed by atoms with Crippen molar-refractivity contribution >= 4 is 28.7 Å². The summed E-state index contributed by atoms with van der Waals surface area (Å²) >= 11 is 3.79. The fourth-order valence-corrected chi connectivity index (χ4v) is 2.48. The van der Waals surface area contributed by atoms with E-state index in [1.807, 2.05) is 23.5 Å². The fourth-order valence-electron chi connectivity index (χ4n) is 1.13. The van der Waals surface area contributed by atoms with Gasteiger partial charge in [0.15, 0.2) is 5.17 Å². The average molecular weight is 218 g/mol. The molecule has 1 heterocycles. The molecule has 0 saturated carbocycles. The summed E-state index contributed by atoms with van der Waals surface area (Å²) in [5.74, 6) is 2.51. The van der Waals surface area contributed by atoms with E-state index < -0.39 is 0 Å². The van der Waals surface area contributed by atoms with Crippen LogP contribution < -0.4 is 5.32 Å². The smallest absolute Gasteiger partial charge is 0.156 e. The van der Waals surface area contributed by atoms with Crippen LogP contribution in [0.5, 0.6) is 0 Å². The molecular weight excluding hydrogens is 200 g/mol. The Morgan fingerprint density at radius 2 is 2.46 bits per heavy atom. The topological polar surface area (TPSA) is 24.4 Å². The maximum absolute atomic E-state index is 4.41. The van der Waals surface area contributed by atoms with Gasteiger partial charge in [0.1, 0.15) is 0 Å². The SMILES string of the molecule is CSCCCCNC1=NCCCS1. The zero-order valence-electron chi connectivity index (χ0n) is 8.21. The van der Waals surface area contributed by atoms with Crippen molar-refractivity contribution in [2.45, 2.75) is 19.3 Å². The van der Waals surface area contributed by atoms with Gasteiger partial charge in [0.05, 0.1) is 0 Å². The molecule has 0 radical (unpaired) electrons. The van der Waals surface area contributed by atoms with Crippen LogP contribution >= 0.6 is 23.5 Å². The normalized spacial score (nSPS) is 16.8. The van der Waals surface area contributed by atoms with Gasteiger partial charge in [-0.05, 0) is 31.3 Å². The van der Waals surface area contributed by atoms with Crippen LogP contribution in [0.3, 0.4) is 0 Å². The van der Waals surface area contributed by atoms with Crippen molar-refractivity contribution in [1.82, 2.24) is 5.32 Å². The van der Waals surface area contributed by atoms with Gasteiger partial charge in [-0.25, -0.2) is 0 Å². The molecule has 0 aliphatic carbocycles. The number of unbranched alkanes of at least 4 members (excludes halogenated alkanes) is 1. The van der Waals surface area contributed by atoms with Gasteiger partial charge in [-0.15, -0.1) is 0 Å².